The van der Waals surface area contributed by atoms with Gasteiger partial charge in [-0.3, -0.25) is 4.79 Å². The van der Waals surface area contributed by atoms with E-state index in [1.165, 1.54) is 10.9 Å². The molecule has 1 fully saturated rings. The lowest BCUT2D eigenvalue weighted by Crippen LogP contribution is -2.41. The number of nitrogens with zero attached hydrogens (tertiary/aromatic N) is 2. The Kier molecular flexibility index (Phi) is 3.80. The van der Waals surface area contributed by atoms with Gasteiger partial charge in [-0.05, 0) is 43.7 Å². The monoisotopic (exact) mass is 348 g/mol. The number of para-hydroxylation sites is 1. The van der Waals surface area contributed by atoms with Crippen LogP contribution in [-0.4, -0.2) is 38.8 Å². The fourth-order valence-corrected chi connectivity index (χ4v) is 4.76. The Bertz CT molecular complexity index is 919. The third kappa shape index (κ3) is 2.54. The summed E-state index contributed by atoms with van der Waals surface area (Å²) in [4.78, 5) is 26.5. The molecule has 2 aliphatic rings. The number of carbonyl (C=O) groups is 1. The van der Waals surface area contributed by atoms with E-state index in [0.717, 1.165) is 62.2 Å². The number of nitrogens with one attached hydrogen (secondary N) is 2. The molecule has 0 unspecified atom stereocenters. The van der Waals surface area contributed by atoms with Gasteiger partial charge in [-0.15, -0.1) is 0 Å². The number of hydrogen-bond donors (Lipinski definition) is 2. The highest BCUT2D eigenvalue weighted by Crippen LogP contribution is 2.38. The van der Waals surface area contributed by atoms with Crippen molar-refractivity contribution in [1.29, 1.82) is 0 Å². The van der Waals surface area contributed by atoms with Gasteiger partial charge in [0.2, 0.25) is 5.91 Å². The van der Waals surface area contributed by atoms with E-state index < -0.39 is 0 Å². The third-order valence-electron chi connectivity index (χ3n) is 6.13. The topological polar surface area (TPSA) is 64.8 Å². The van der Waals surface area contributed by atoms with Crippen LogP contribution in [0, 0.1) is 0 Å². The molecule has 5 rings (SSSR count). The summed E-state index contributed by atoms with van der Waals surface area (Å²) in [5.41, 5.74) is 3.68. The predicted octanol–water partition coefficient (Wildman–Crippen LogP) is 3.72. The second-order valence-corrected chi connectivity index (χ2v) is 7.58. The van der Waals surface area contributed by atoms with E-state index in [1.807, 2.05) is 12.4 Å². The van der Waals surface area contributed by atoms with Crippen molar-refractivity contribution in [2.75, 3.05) is 13.1 Å². The number of fused-ring (bicyclic) bond motifs is 3. The van der Waals surface area contributed by atoms with E-state index in [9.17, 15) is 4.79 Å². The first kappa shape index (κ1) is 15.7. The smallest absolute Gasteiger partial charge is 0.231 e. The number of aryl methyl sites for hydroxylation is 1. The van der Waals surface area contributed by atoms with E-state index in [4.69, 9.17) is 0 Å². The van der Waals surface area contributed by atoms with Crippen molar-refractivity contribution in [3.8, 4) is 0 Å². The maximum atomic E-state index is 13.3. The number of rotatable bonds is 2. The molecule has 134 valence electrons. The Morgan fingerprint density at radius 1 is 1.15 bits per heavy atom. The molecule has 26 heavy (non-hydrogen) atoms. The van der Waals surface area contributed by atoms with Crippen molar-refractivity contribution in [3.63, 3.8) is 0 Å². The van der Waals surface area contributed by atoms with Gasteiger partial charge < -0.3 is 14.9 Å². The number of amides is 1. The Morgan fingerprint density at radius 2 is 2.00 bits per heavy atom. The summed E-state index contributed by atoms with van der Waals surface area (Å²) in [5.74, 6) is 1.80. The lowest BCUT2D eigenvalue weighted by molar-refractivity contribution is -0.134. The van der Waals surface area contributed by atoms with Crippen LogP contribution in [0.4, 0.5) is 0 Å². The van der Waals surface area contributed by atoms with Gasteiger partial charge in [0.15, 0.2) is 0 Å². The molecule has 2 aromatic heterocycles. The molecular formula is C21H24N4O. The normalized spacial score (nSPS) is 21.1. The Balaban J connectivity index is 1.36. The van der Waals surface area contributed by atoms with E-state index in [1.54, 1.807) is 0 Å². The molecule has 3 heterocycles. The molecule has 0 spiro atoms. The van der Waals surface area contributed by atoms with Gasteiger partial charge in [0.25, 0.3) is 0 Å². The molecule has 5 nitrogen and oxygen atoms in total. The van der Waals surface area contributed by atoms with Gasteiger partial charge in [0.05, 0.1) is 5.92 Å². The van der Waals surface area contributed by atoms with Crippen LogP contribution in [0.25, 0.3) is 10.9 Å². The average molecular weight is 348 g/mol. The SMILES string of the molecule is O=C([C@H]1CCCc2c1[nH]c1ccccc21)N1CCC(c2ncc[nH]2)CC1. The number of piperidine rings is 1. The molecule has 0 bridgehead atoms. The minimum atomic E-state index is -0.00804. The summed E-state index contributed by atoms with van der Waals surface area (Å²) in [6.07, 6.45) is 8.80. The summed E-state index contributed by atoms with van der Waals surface area (Å²) in [7, 11) is 0. The van der Waals surface area contributed by atoms with E-state index >= 15 is 0 Å². The number of likely N-dealkylation sites (tertiary alicyclic amines) is 1. The van der Waals surface area contributed by atoms with Crippen molar-refractivity contribution in [2.45, 2.75) is 43.9 Å². The highest BCUT2D eigenvalue weighted by molar-refractivity contribution is 5.90. The first-order valence-corrected chi connectivity index (χ1v) is 9.69. The second kappa shape index (κ2) is 6.31. The number of benzene rings is 1. The van der Waals surface area contributed by atoms with Crippen LogP contribution in [0.15, 0.2) is 36.7 Å². The van der Waals surface area contributed by atoms with Crippen molar-refractivity contribution < 1.29 is 4.79 Å². The van der Waals surface area contributed by atoms with Gasteiger partial charge in [0, 0.05) is 48.0 Å². The van der Waals surface area contributed by atoms with Gasteiger partial charge in [-0.25, -0.2) is 4.98 Å². The van der Waals surface area contributed by atoms with E-state index in [2.05, 4.69) is 44.1 Å². The molecule has 5 heteroatoms. The maximum Gasteiger partial charge on any atom is 0.231 e. The minimum Gasteiger partial charge on any atom is -0.357 e. The summed E-state index contributed by atoms with van der Waals surface area (Å²) in [5, 5.41) is 1.29. The zero-order valence-corrected chi connectivity index (χ0v) is 14.9. The number of carbonyl (C=O) groups excluding carboxylic acids is 1. The van der Waals surface area contributed by atoms with Crippen LogP contribution >= 0.6 is 0 Å². The van der Waals surface area contributed by atoms with Crippen LogP contribution < -0.4 is 0 Å². The Labute approximate surface area is 152 Å². The number of aromatic nitrogens is 3. The standard InChI is InChI=1S/C21H24N4O/c26-21(25-12-8-14(9-13-25)20-22-10-11-23-20)17-6-3-5-16-15-4-1-2-7-18(15)24-19(16)17/h1-2,4,7,10-11,14,17,24H,3,5-6,8-9,12-13H2,(H,22,23)/t17-/m0/s1. The lowest BCUT2D eigenvalue weighted by atomic mass is 9.85. The van der Waals surface area contributed by atoms with E-state index in [0.29, 0.717) is 11.8 Å². The lowest BCUT2D eigenvalue weighted by Gasteiger charge is -2.34. The van der Waals surface area contributed by atoms with Gasteiger partial charge in [-0.1, -0.05) is 18.2 Å². The quantitative estimate of drug-likeness (QED) is 0.741. The van der Waals surface area contributed by atoms with Crippen molar-refractivity contribution in [1.82, 2.24) is 19.9 Å². The van der Waals surface area contributed by atoms with Crippen molar-refractivity contribution in [3.05, 3.63) is 53.7 Å². The zero-order valence-electron chi connectivity index (χ0n) is 14.9. The fourth-order valence-electron chi connectivity index (χ4n) is 4.76. The van der Waals surface area contributed by atoms with Crippen LogP contribution in [-0.2, 0) is 11.2 Å². The molecule has 2 N–H and O–H groups in total. The molecule has 3 aromatic rings. The first-order valence-electron chi connectivity index (χ1n) is 9.69. The fraction of sp³-hybridized carbons (Fsp3) is 0.429. The molecular weight excluding hydrogens is 324 g/mol. The van der Waals surface area contributed by atoms with Gasteiger partial charge in [-0.2, -0.15) is 0 Å². The highest BCUT2D eigenvalue weighted by atomic mass is 16.2. The molecule has 0 saturated carbocycles. The zero-order chi connectivity index (χ0) is 17.5. The van der Waals surface area contributed by atoms with E-state index in [-0.39, 0.29) is 5.92 Å². The summed E-state index contributed by atoms with van der Waals surface area (Å²) < 4.78 is 0. The highest BCUT2D eigenvalue weighted by Gasteiger charge is 2.34. The van der Waals surface area contributed by atoms with Gasteiger partial charge in [0.1, 0.15) is 5.82 Å². The summed E-state index contributed by atoms with van der Waals surface area (Å²) >= 11 is 0. The van der Waals surface area contributed by atoms with Crippen molar-refractivity contribution in [2.24, 2.45) is 0 Å². The third-order valence-corrected chi connectivity index (χ3v) is 6.13. The minimum absolute atomic E-state index is 0.00804. The largest absolute Gasteiger partial charge is 0.357 e. The number of aromatic amines is 2. The van der Waals surface area contributed by atoms with Crippen LogP contribution in [0.3, 0.4) is 0 Å². The molecule has 1 atom stereocenters. The van der Waals surface area contributed by atoms with Crippen LogP contribution in [0.5, 0.6) is 0 Å². The Hall–Kier alpha value is -2.56. The second-order valence-electron chi connectivity index (χ2n) is 7.58. The number of imidazole rings is 1. The maximum absolute atomic E-state index is 13.3. The summed E-state index contributed by atoms with van der Waals surface area (Å²) in [6, 6.07) is 8.43. The number of hydrogen-bond acceptors (Lipinski definition) is 2. The average Bonchev–Trinajstić information content (AvgIpc) is 3.35. The molecule has 1 saturated heterocycles. The Morgan fingerprint density at radius 3 is 2.81 bits per heavy atom. The van der Waals surface area contributed by atoms with Crippen molar-refractivity contribution >= 4 is 16.8 Å². The molecule has 1 amide bonds. The molecule has 1 aliphatic heterocycles. The first-order chi connectivity index (χ1) is 12.8. The van der Waals surface area contributed by atoms with Crippen LogP contribution in [0.2, 0.25) is 0 Å². The molecule has 1 aliphatic carbocycles. The molecule has 1 aromatic carbocycles. The van der Waals surface area contributed by atoms with Crippen LogP contribution in [0.1, 0.15) is 54.6 Å². The summed E-state index contributed by atoms with van der Waals surface area (Å²) in [6.45, 7) is 1.66. The van der Waals surface area contributed by atoms with Gasteiger partial charge >= 0.3 is 0 Å². The predicted molar refractivity (Wildman–Crippen MR) is 101 cm³/mol. The number of H-pyrrole nitrogens is 2. The molecule has 0 radical (unpaired) electrons.